The average molecular weight is 462 g/mol. The van der Waals surface area contributed by atoms with E-state index in [-0.39, 0.29) is 24.5 Å². The molecule has 1 atom stereocenters. The molecule has 1 saturated heterocycles. The fourth-order valence-electron chi connectivity index (χ4n) is 4.03. The first-order valence-corrected chi connectivity index (χ1v) is 11.0. The average Bonchev–Trinajstić information content (AvgIpc) is 3.37. The van der Waals surface area contributed by atoms with Gasteiger partial charge in [0.15, 0.2) is 0 Å². The van der Waals surface area contributed by atoms with E-state index in [1.807, 2.05) is 25.1 Å². The van der Waals surface area contributed by atoms with Crippen molar-refractivity contribution in [2.75, 3.05) is 20.3 Å². The molecule has 0 aliphatic carbocycles. The molecule has 0 saturated carbocycles. The number of rotatable bonds is 8. The number of ether oxygens (including phenoxy) is 2. The molecule has 0 radical (unpaired) electrons. The molecule has 1 aromatic heterocycles. The number of aliphatic hydroxyl groups excluding tert-OH is 1. The highest BCUT2D eigenvalue weighted by molar-refractivity contribution is 6.46. The van der Waals surface area contributed by atoms with Gasteiger partial charge in [-0.15, -0.1) is 0 Å². The van der Waals surface area contributed by atoms with Crippen molar-refractivity contribution < 1.29 is 28.6 Å². The van der Waals surface area contributed by atoms with Gasteiger partial charge >= 0.3 is 0 Å². The summed E-state index contributed by atoms with van der Waals surface area (Å²) in [7, 11) is 1.52. The van der Waals surface area contributed by atoms with Crippen LogP contribution in [0.25, 0.3) is 5.76 Å². The number of benzene rings is 2. The number of amides is 1. The summed E-state index contributed by atoms with van der Waals surface area (Å²) in [5.41, 5.74) is 2.60. The van der Waals surface area contributed by atoms with Gasteiger partial charge in [-0.3, -0.25) is 9.59 Å². The van der Waals surface area contributed by atoms with Crippen molar-refractivity contribution in [1.29, 1.82) is 0 Å². The van der Waals surface area contributed by atoms with Crippen molar-refractivity contribution in [3.63, 3.8) is 0 Å². The smallest absolute Gasteiger partial charge is 0.295 e. The summed E-state index contributed by atoms with van der Waals surface area (Å²) < 4.78 is 16.7. The van der Waals surface area contributed by atoms with E-state index in [1.165, 1.54) is 12.0 Å². The Balaban J connectivity index is 1.62. The van der Waals surface area contributed by atoms with Crippen LogP contribution in [0.1, 0.15) is 34.3 Å². The minimum Gasteiger partial charge on any atom is -0.507 e. The molecule has 0 spiro atoms. The standard InChI is InChI=1S/C27H27NO6/c1-17-5-4-6-19(15-17)16-33-21-10-8-20(9-11-21)25(29)23-24(22-12-7-18(2)34-22)28(13-14-32-3)27(31)26(23)30/h4-12,15,24,29H,13-14,16H2,1-3H3/b25-23+/t24-/m1/s1. The SMILES string of the molecule is COCCN1C(=O)C(=O)/C(=C(/O)c2ccc(OCc3cccc(C)c3)cc2)[C@H]1c1ccc(C)o1. The van der Waals surface area contributed by atoms with Crippen molar-refractivity contribution in [2.24, 2.45) is 0 Å². The Labute approximate surface area is 198 Å². The Bertz CT molecular complexity index is 1220. The third-order valence-corrected chi connectivity index (χ3v) is 5.72. The molecule has 7 heteroatoms. The Kier molecular flexibility index (Phi) is 6.84. The van der Waals surface area contributed by atoms with Crippen molar-refractivity contribution in [2.45, 2.75) is 26.5 Å². The molecule has 2 heterocycles. The Morgan fingerprint density at radius 1 is 1.06 bits per heavy atom. The first-order valence-electron chi connectivity index (χ1n) is 11.0. The molecule has 1 N–H and O–H groups in total. The first-order chi connectivity index (χ1) is 16.4. The highest BCUT2D eigenvalue weighted by atomic mass is 16.5. The predicted molar refractivity (Wildman–Crippen MR) is 126 cm³/mol. The van der Waals surface area contributed by atoms with Gasteiger partial charge in [0, 0.05) is 19.2 Å². The number of hydrogen-bond acceptors (Lipinski definition) is 6. The number of likely N-dealkylation sites (tertiary alicyclic amines) is 1. The third-order valence-electron chi connectivity index (χ3n) is 5.72. The Morgan fingerprint density at radius 2 is 1.82 bits per heavy atom. The van der Waals surface area contributed by atoms with Gasteiger partial charge in [0.05, 0.1) is 12.2 Å². The number of aliphatic hydroxyl groups is 1. The lowest BCUT2D eigenvalue weighted by Gasteiger charge is -2.22. The minimum absolute atomic E-state index is 0.0103. The van der Waals surface area contributed by atoms with E-state index in [9.17, 15) is 14.7 Å². The number of hydrogen-bond donors (Lipinski definition) is 1. The van der Waals surface area contributed by atoms with Crippen LogP contribution in [0.5, 0.6) is 5.75 Å². The molecule has 4 rings (SSSR count). The van der Waals surface area contributed by atoms with Crippen molar-refractivity contribution in [3.05, 3.63) is 94.4 Å². The number of carbonyl (C=O) groups is 2. The van der Waals surface area contributed by atoms with Gasteiger partial charge in [-0.05, 0) is 55.8 Å². The van der Waals surface area contributed by atoms with E-state index in [2.05, 4.69) is 6.07 Å². The lowest BCUT2D eigenvalue weighted by atomic mass is 9.99. The predicted octanol–water partition coefficient (Wildman–Crippen LogP) is 4.54. The van der Waals surface area contributed by atoms with Crippen LogP contribution in [0.15, 0.2) is 70.7 Å². The number of ketones is 1. The van der Waals surface area contributed by atoms with Gasteiger partial charge in [0.1, 0.15) is 35.7 Å². The monoisotopic (exact) mass is 461 g/mol. The number of methoxy groups -OCH3 is 1. The lowest BCUT2D eigenvalue weighted by Crippen LogP contribution is -2.32. The number of furan rings is 1. The molecule has 7 nitrogen and oxygen atoms in total. The second kappa shape index (κ2) is 9.97. The zero-order valence-electron chi connectivity index (χ0n) is 19.4. The number of aryl methyl sites for hydroxylation is 2. The van der Waals surface area contributed by atoms with Gasteiger partial charge in [-0.2, -0.15) is 0 Å². The summed E-state index contributed by atoms with van der Waals surface area (Å²) in [4.78, 5) is 27.1. The zero-order chi connectivity index (χ0) is 24.2. The number of carbonyl (C=O) groups excluding carboxylic acids is 2. The van der Waals surface area contributed by atoms with Crippen LogP contribution < -0.4 is 4.74 Å². The molecule has 34 heavy (non-hydrogen) atoms. The molecular formula is C27H27NO6. The molecule has 1 aliphatic rings. The maximum absolute atomic E-state index is 12.9. The molecule has 1 amide bonds. The van der Waals surface area contributed by atoms with Crippen molar-refractivity contribution in [1.82, 2.24) is 4.90 Å². The van der Waals surface area contributed by atoms with Crippen LogP contribution in [-0.4, -0.2) is 42.0 Å². The van der Waals surface area contributed by atoms with E-state index >= 15 is 0 Å². The van der Waals surface area contributed by atoms with Crippen LogP contribution in [0.3, 0.4) is 0 Å². The maximum atomic E-state index is 12.9. The van der Waals surface area contributed by atoms with Crippen LogP contribution in [-0.2, 0) is 20.9 Å². The Morgan fingerprint density at radius 3 is 2.47 bits per heavy atom. The van der Waals surface area contributed by atoms with Crippen LogP contribution >= 0.6 is 0 Å². The first kappa shape index (κ1) is 23.3. The molecule has 3 aromatic rings. The summed E-state index contributed by atoms with van der Waals surface area (Å²) in [5.74, 6) is -0.0440. The van der Waals surface area contributed by atoms with Crippen molar-refractivity contribution >= 4 is 17.4 Å². The quantitative estimate of drug-likeness (QED) is 0.301. The van der Waals surface area contributed by atoms with E-state index in [0.29, 0.717) is 29.4 Å². The zero-order valence-corrected chi connectivity index (χ0v) is 19.4. The molecule has 176 valence electrons. The molecule has 1 aliphatic heterocycles. The number of Topliss-reactive ketones (excluding diaryl/α,β-unsaturated/α-hetero) is 1. The normalized spacial score (nSPS) is 17.4. The van der Waals surface area contributed by atoms with Gasteiger partial charge in [-0.1, -0.05) is 29.8 Å². The second-order valence-electron chi connectivity index (χ2n) is 8.24. The summed E-state index contributed by atoms with van der Waals surface area (Å²) in [6, 6.07) is 17.4. The topological polar surface area (TPSA) is 89.2 Å². The van der Waals surface area contributed by atoms with Crippen LogP contribution in [0.2, 0.25) is 0 Å². The summed E-state index contributed by atoms with van der Waals surface area (Å²) in [6.45, 7) is 4.65. The van der Waals surface area contributed by atoms with E-state index in [1.54, 1.807) is 43.3 Å². The molecule has 0 unspecified atom stereocenters. The minimum atomic E-state index is -0.832. The van der Waals surface area contributed by atoms with Gasteiger partial charge in [0.25, 0.3) is 11.7 Å². The molecule has 0 bridgehead atoms. The molecule has 1 fully saturated rings. The van der Waals surface area contributed by atoms with Crippen molar-refractivity contribution in [3.8, 4) is 5.75 Å². The second-order valence-corrected chi connectivity index (χ2v) is 8.24. The fraction of sp³-hybridized carbons (Fsp3) is 0.259. The lowest BCUT2D eigenvalue weighted by molar-refractivity contribution is -0.140. The van der Waals surface area contributed by atoms with Crippen LogP contribution in [0, 0.1) is 13.8 Å². The third kappa shape index (κ3) is 4.75. The van der Waals surface area contributed by atoms with Gasteiger partial charge in [0.2, 0.25) is 0 Å². The number of nitrogens with zero attached hydrogens (tertiary/aromatic N) is 1. The summed E-state index contributed by atoms with van der Waals surface area (Å²) in [6.07, 6.45) is 0. The molecule has 2 aromatic carbocycles. The highest BCUT2D eigenvalue weighted by Crippen LogP contribution is 2.40. The Hall–Kier alpha value is -3.84. The molecular weight excluding hydrogens is 434 g/mol. The van der Waals surface area contributed by atoms with Gasteiger partial charge < -0.3 is 23.9 Å². The highest BCUT2D eigenvalue weighted by Gasteiger charge is 2.47. The van der Waals surface area contributed by atoms with E-state index < -0.39 is 17.7 Å². The summed E-state index contributed by atoms with van der Waals surface area (Å²) in [5, 5.41) is 11.1. The van der Waals surface area contributed by atoms with E-state index in [4.69, 9.17) is 13.9 Å². The largest absolute Gasteiger partial charge is 0.507 e. The fourth-order valence-corrected chi connectivity index (χ4v) is 4.03. The van der Waals surface area contributed by atoms with Gasteiger partial charge in [-0.25, -0.2) is 0 Å². The van der Waals surface area contributed by atoms with Crippen LogP contribution in [0.4, 0.5) is 0 Å². The van der Waals surface area contributed by atoms with E-state index in [0.717, 1.165) is 11.1 Å². The maximum Gasteiger partial charge on any atom is 0.295 e. The summed E-state index contributed by atoms with van der Waals surface area (Å²) >= 11 is 0.